The fraction of sp³-hybridized carbons (Fsp3) is 0.500. The van der Waals surface area contributed by atoms with E-state index >= 15 is 0 Å². The van der Waals surface area contributed by atoms with Gasteiger partial charge in [-0.25, -0.2) is 8.42 Å². The molecule has 0 aromatic heterocycles. The number of ether oxygens (including phenoxy) is 1. The molecule has 2 amide bonds. The summed E-state index contributed by atoms with van der Waals surface area (Å²) in [4.78, 5) is 28.2. The number of carbonyl (C=O) groups is 2. The Kier molecular flexibility index (Phi) is 11.4. The van der Waals surface area contributed by atoms with E-state index in [0.29, 0.717) is 24.3 Å². The summed E-state index contributed by atoms with van der Waals surface area (Å²) < 4.78 is 31.5. The fourth-order valence-corrected chi connectivity index (χ4v) is 5.03. The minimum Gasteiger partial charge on any atom is -0.497 e. The van der Waals surface area contributed by atoms with Gasteiger partial charge in [0.1, 0.15) is 11.8 Å². The Morgan fingerprint density at radius 1 is 1.05 bits per heavy atom. The van der Waals surface area contributed by atoms with Crippen molar-refractivity contribution in [2.45, 2.75) is 72.0 Å². The van der Waals surface area contributed by atoms with Crippen LogP contribution in [0.2, 0.25) is 0 Å². The molecule has 0 fully saturated rings. The summed E-state index contributed by atoms with van der Waals surface area (Å²) in [5.41, 5.74) is 2.40. The van der Waals surface area contributed by atoms with Gasteiger partial charge in [0, 0.05) is 25.6 Å². The van der Waals surface area contributed by atoms with Gasteiger partial charge in [-0.05, 0) is 68.5 Å². The Bertz CT molecular complexity index is 1130. The summed E-state index contributed by atoms with van der Waals surface area (Å²) in [7, 11) is -1.94. The second-order valence-electron chi connectivity index (χ2n) is 9.39. The molecule has 2 atom stereocenters. The van der Waals surface area contributed by atoms with E-state index in [1.54, 1.807) is 18.1 Å². The third-order valence-electron chi connectivity index (χ3n) is 6.34. The maximum absolute atomic E-state index is 13.5. The zero-order chi connectivity index (χ0) is 27.6. The van der Waals surface area contributed by atoms with Crippen LogP contribution >= 0.6 is 0 Å². The summed E-state index contributed by atoms with van der Waals surface area (Å²) in [5.74, 6) is 0.330. The van der Waals surface area contributed by atoms with Crippen LogP contribution in [0.1, 0.15) is 57.6 Å². The second kappa shape index (κ2) is 14.0. The summed E-state index contributed by atoms with van der Waals surface area (Å²) in [5, 5.41) is 3.00. The van der Waals surface area contributed by atoms with Gasteiger partial charge in [0.05, 0.1) is 19.1 Å². The molecule has 2 unspecified atom stereocenters. The van der Waals surface area contributed by atoms with Gasteiger partial charge in [-0.15, -0.1) is 0 Å². The molecule has 0 spiro atoms. The zero-order valence-electron chi connectivity index (χ0n) is 22.9. The summed E-state index contributed by atoms with van der Waals surface area (Å²) in [6.07, 6.45) is 2.85. The Morgan fingerprint density at radius 3 is 2.27 bits per heavy atom. The number of amides is 2. The number of nitrogens with one attached hydrogen (secondary N) is 1. The number of anilines is 1. The average Bonchev–Trinajstić information content (AvgIpc) is 2.85. The molecule has 8 nitrogen and oxygen atoms in total. The van der Waals surface area contributed by atoms with Crippen molar-refractivity contribution < 1.29 is 22.7 Å². The first-order valence-corrected chi connectivity index (χ1v) is 14.6. The minimum absolute atomic E-state index is 0.00265. The van der Waals surface area contributed by atoms with Crippen molar-refractivity contribution >= 4 is 27.5 Å². The lowest BCUT2D eigenvalue weighted by atomic mass is 10.1. The highest BCUT2D eigenvalue weighted by atomic mass is 32.2. The van der Waals surface area contributed by atoms with Gasteiger partial charge in [-0.2, -0.15) is 0 Å². The number of nitrogens with zero attached hydrogens (tertiary/aromatic N) is 2. The molecule has 0 aliphatic carbocycles. The third kappa shape index (κ3) is 9.07. The first-order chi connectivity index (χ1) is 17.5. The highest BCUT2D eigenvalue weighted by Crippen LogP contribution is 2.21. The molecular weight excluding hydrogens is 490 g/mol. The Labute approximate surface area is 222 Å². The van der Waals surface area contributed by atoms with E-state index in [1.165, 1.54) is 10.6 Å². The maximum atomic E-state index is 13.5. The lowest BCUT2D eigenvalue weighted by Crippen LogP contribution is -2.50. The zero-order valence-corrected chi connectivity index (χ0v) is 23.7. The van der Waals surface area contributed by atoms with E-state index in [4.69, 9.17) is 4.74 Å². The van der Waals surface area contributed by atoms with Crippen LogP contribution in [0.25, 0.3) is 0 Å². The fourth-order valence-electron chi connectivity index (χ4n) is 4.08. The Hall–Kier alpha value is -3.07. The van der Waals surface area contributed by atoms with Crippen LogP contribution in [-0.4, -0.2) is 57.1 Å². The molecule has 2 aromatic carbocycles. The van der Waals surface area contributed by atoms with Crippen molar-refractivity contribution in [1.82, 2.24) is 10.2 Å². The first kappa shape index (κ1) is 30.2. The monoisotopic (exact) mass is 531 g/mol. The van der Waals surface area contributed by atoms with Crippen molar-refractivity contribution in [2.24, 2.45) is 0 Å². The van der Waals surface area contributed by atoms with Gasteiger partial charge in [-0.1, -0.05) is 38.1 Å². The van der Waals surface area contributed by atoms with Crippen molar-refractivity contribution in [1.29, 1.82) is 0 Å². The van der Waals surface area contributed by atoms with Gasteiger partial charge < -0.3 is 15.0 Å². The first-order valence-electron chi connectivity index (χ1n) is 12.8. The number of hydrogen-bond donors (Lipinski definition) is 1. The van der Waals surface area contributed by atoms with Crippen LogP contribution in [0.5, 0.6) is 5.75 Å². The van der Waals surface area contributed by atoms with Gasteiger partial charge in [0.15, 0.2) is 0 Å². The van der Waals surface area contributed by atoms with E-state index in [-0.39, 0.29) is 37.4 Å². The second-order valence-corrected chi connectivity index (χ2v) is 11.3. The van der Waals surface area contributed by atoms with Crippen LogP contribution < -0.4 is 14.4 Å². The van der Waals surface area contributed by atoms with E-state index < -0.39 is 16.1 Å². The predicted molar refractivity (Wildman–Crippen MR) is 148 cm³/mol. The maximum Gasteiger partial charge on any atom is 0.243 e. The SMILES string of the molecule is CCC(C)NC(=O)C(CC)N(Cc1ccc(OC)cc1)C(=O)CCCN(c1cccc(C)c1)S(C)(=O)=O. The van der Waals surface area contributed by atoms with E-state index in [2.05, 4.69) is 5.32 Å². The largest absolute Gasteiger partial charge is 0.497 e. The van der Waals surface area contributed by atoms with Crippen LogP contribution in [0.15, 0.2) is 48.5 Å². The van der Waals surface area contributed by atoms with Crippen molar-refractivity contribution in [2.75, 3.05) is 24.2 Å². The molecule has 0 heterocycles. The van der Waals surface area contributed by atoms with Gasteiger partial charge in [-0.3, -0.25) is 13.9 Å². The smallest absolute Gasteiger partial charge is 0.243 e. The molecular formula is C28H41N3O5S. The van der Waals surface area contributed by atoms with Gasteiger partial charge in [0.2, 0.25) is 21.8 Å². The molecule has 1 N–H and O–H groups in total. The molecule has 204 valence electrons. The third-order valence-corrected chi connectivity index (χ3v) is 7.53. The normalized spacial score (nSPS) is 12.9. The number of methoxy groups -OCH3 is 1. The van der Waals surface area contributed by atoms with Crippen LogP contribution in [0.3, 0.4) is 0 Å². The summed E-state index contributed by atoms with van der Waals surface area (Å²) in [6, 6.07) is 14.0. The molecule has 0 radical (unpaired) electrons. The van der Waals surface area contributed by atoms with Crippen molar-refractivity contribution in [3.05, 3.63) is 59.7 Å². The van der Waals surface area contributed by atoms with E-state index in [0.717, 1.165) is 17.5 Å². The number of benzene rings is 2. The van der Waals surface area contributed by atoms with Crippen LogP contribution in [-0.2, 0) is 26.2 Å². The molecule has 0 aliphatic rings. The lowest BCUT2D eigenvalue weighted by Gasteiger charge is -2.32. The van der Waals surface area contributed by atoms with Gasteiger partial charge >= 0.3 is 0 Å². The molecule has 2 aromatic rings. The minimum atomic E-state index is -3.53. The molecule has 0 saturated heterocycles. The van der Waals surface area contributed by atoms with Crippen LogP contribution in [0, 0.1) is 6.92 Å². The van der Waals surface area contributed by atoms with E-state index in [1.807, 2.05) is 70.2 Å². The number of carbonyl (C=O) groups excluding carboxylic acids is 2. The number of hydrogen-bond acceptors (Lipinski definition) is 5. The highest BCUT2D eigenvalue weighted by molar-refractivity contribution is 7.92. The summed E-state index contributed by atoms with van der Waals surface area (Å²) in [6.45, 7) is 8.15. The topological polar surface area (TPSA) is 96.0 Å². The number of rotatable bonds is 14. The predicted octanol–water partition coefficient (Wildman–Crippen LogP) is 4.27. The molecule has 2 rings (SSSR count). The molecule has 0 bridgehead atoms. The Morgan fingerprint density at radius 2 is 1.73 bits per heavy atom. The van der Waals surface area contributed by atoms with E-state index in [9.17, 15) is 18.0 Å². The quantitative estimate of drug-likeness (QED) is 0.393. The number of aryl methyl sites for hydroxylation is 1. The van der Waals surface area contributed by atoms with Crippen LogP contribution in [0.4, 0.5) is 5.69 Å². The molecule has 0 saturated carbocycles. The molecule has 37 heavy (non-hydrogen) atoms. The summed E-state index contributed by atoms with van der Waals surface area (Å²) >= 11 is 0. The molecule has 0 aliphatic heterocycles. The average molecular weight is 532 g/mol. The lowest BCUT2D eigenvalue weighted by molar-refractivity contribution is -0.141. The highest BCUT2D eigenvalue weighted by Gasteiger charge is 2.29. The Balaban J connectivity index is 2.23. The molecule has 9 heteroatoms. The van der Waals surface area contributed by atoms with Crippen molar-refractivity contribution in [3.63, 3.8) is 0 Å². The standard InChI is InChI=1S/C28H41N3O5S/c1-7-22(4)29-28(33)26(8-2)30(20-23-14-16-25(36-5)17-15-23)27(32)13-10-18-31(37(6,34)35)24-12-9-11-21(3)19-24/h9,11-12,14-17,19,22,26H,7-8,10,13,18,20H2,1-6H3,(H,29,33). The van der Waals surface area contributed by atoms with Crippen molar-refractivity contribution in [3.8, 4) is 5.75 Å². The number of sulfonamides is 1. The van der Waals surface area contributed by atoms with Gasteiger partial charge in [0.25, 0.3) is 0 Å².